The van der Waals surface area contributed by atoms with Gasteiger partial charge in [0.2, 0.25) is 5.91 Å². The van der Waals surface area contributed by atoms with E-state index < -0.39 is 0 Å². The van der Waals surface area contributed by atoms with E-state index in [0.717, 1.165) is 61.9 Å². The second kappa shape index (κ2) is 10.9. The Labute approximate surface area is 237 Å². The van der Waals surface area contributed by atoms with Crippen LogP contribution in [0.5, 0.6) is 0 Å². The van der Waals surface area contributed by atoms with E-state index in [1.165, 1.54) is 48.7 Å². The van der Waals surface area contributed by atoms with Crippen molar-refractivity contribution in [3.63, 3.8) is 0 Å². The monoisotopic (exact) mass is 535 g/mol. The molecular formula is C34H41N5O. The first-order valence-electron chi connectivity index (χ1n) is 15.5. The molecule has 4 aromatic rings. The van der Waals surface area contributed by atoms with Crippen molar-refractivity contribution in [3.8, 4) is 11.1 Å². The summed E-state index contributed by atoms with van der Waals surface area (Å²) in [5, 5.41) is 5.89. The zero-order chi connectivity index (χ0) is 27.1. The molecule has 208 valence electrons. The number of hydrogen-bond donors (Lipinski definition) is 0. The summed E-state index contributed by atoms with van der Waals surface area (Å²) in [6.07, 6.45) is 21.0. The standard InChI is InChI=1S/C34H41N5O/c1-37-17-16-28-19-32(35-21-33(28)37)25-12-10-24(11-13-25)22-38(34(40)26-6-3-2-4-7-26)31-9-5-8-27(18-31)29-20-36-39(23-29)30-14-15-30/h5,8-9,16-21,23-26,30H,2-4,6-7,10-15,22H2,1H3. The minimum atomic E-state index is 0.160. The molecule has 0 spiro atoms. The molecule has 0 atom stereocenters. The predicted molar refractivity (Wildman–Crippen MR) is 160 cm³/mol. The van der Waals surface area contributed by atoms with Crippen LogP contribution in [0.25, 0.3) is 22.0 Å². The highest BCUT2D eigenvalue weighted by atomic mass is 16.2. The van der Waals surface area contributed by atoms with Gasteiger partial charge in [0, 0.05) is 60.2 Å². The van der Waals surface area contributed by atoms with E-state index in [2.05, 4.69) is 75.1 Å². The van der Waals surface area contributed by atoms with Crippen LogP contribution < -0.4 is 4.90 Å². The maximum atomic E-state index is 14.0. The maximum absolute atomic E-state index is 14.0. The minimum Gasteiger partial charge on any atom is -0.349 e. The van der Waals surface area contributed by atoms with Crippen molar-refractivity contribution in [2.45, 2.75) is 82.6 Å². The third kappa shape index (κ3) is 5.21. The SMILES string of the molecule is Cn1ccc2cc(C3CCC(CN(C(=O)C4CCCCC4)c4cccc(-c5cnn(C6CC6)c5)c4)CC3)ncc21. The van der Waals surface area contributed by atoms with Crippen LogP contribution >= 0.6 is 0 Å². The summed E-state index contributed by atoms with van der Waals surface area (Å²) in [6.45, 7) is 0.817. The lowest BCUT2D eigenvalue weighted by atomic mass is 9.79. The minimum absolute atomic E-state index is 0.160. The number of nitrogens with zero attached hydrogens (tertiary/aromatic N) is 5. The Morgan fingerprint density at radius 2 is 1.75 bits per heavy atom. The fourth-order valence-electron chi connectivity index (χ4n) is 7.08. The summed E-state index contributed by atoms with van der Waals surface area (Å²) in [6, 6.07) is 13.7. The van der Waals surface area contributed by atoms with Gasteiger partial charge in [-0.1, -0.05) is 31.4 Å². The molecule has 1 amide bonds. The molecule has 40 heavy (non-hydrogen) atoms. The van der Waals surface area contributed by atoms with Gasteiger partial charge >= 0.3 is 0 Å². The topological polar surface area (TPSA) is 56.0 Å². The van der Waals surface area contributed by atoms with Crippen LogP contribution in [0.15, 0.2) is 61.2 Å². The number of amides is 1. The van der Waals surface area contributed by atoms with Gasteiger partial charge in [-0.2, -0.15) is 5.10 Å². The predicted octanol–water partition coefficient (Wildman–Crippen LogP) is 7.66. The van der Waals surface area contributed by atoms with E-state index in [1.54, 1.807) is 0 Å². The van der Waals surface area contributed by atoms with Gasteiger partial charge in [-0.05, 0) is 87.1 Å². The molecule has 0 N–H and O–H groups in total. The van der Waals surface area contributed by atoms with Crippen LogP contribution in [-0.2, 0) is 11.8 Å². The van der Waals surface area contributed by atoms with Crippen molar-refractivity contribution >= 4 is 22.5 Å². The lowest BCUT2D eigenvalue weighted by molar-refractivity contribution is -0.123. The number of fused-ring (bicyclic) bond motifs is 1. The number of pyridine rings is 1. The van der Waals surface area contributed by atoms with Crippen LogP contribution in [0.4, 0.5) is 5.69 Å². The quantitative estimate of drug-likeness (QED) is 0.244. The number of anilines is 1. The van der Waals surface area contributed by atoms with Crippen molar-refractivity contribution in [1.82, 2.24) is 19.3 Å². The normalized spacial score (nSPS) is 22.0. The smallest absolute Gasteiger partial charge is 0.230 e. The average Bonchev–Trinajstić information content (AvgIpc) is 3.62. The first-order valence-corrected chi connectivity index (χ1v) is 15.5. The summed E-state index contributed by atoms with van der Waals surface area (Å²) in [4.78, 5) is 21.0. The number of rotatable bonds is 7. The fraction of sp³-hybridized carbons (Fsp3) is 0.500. The van der Waals surface area contributed by atoms with Crippen molar-refractivity contribution in [3.05, 3.63) is 66.9 Å². The summed E-state index contributed by atoms with van der Waals surface area (Å²) in [5.74, 6) is 1.53. The van der Waals surface area contributed by atoms with Crippen LogP contribution in [0.2, 0.25) is 0 Å². The first-order chi connectivity index (χ1) is 19.6. The van der Waals surface area contributed by atoms with E-state index >= 15 is 0 Å². The number of carbonyl (C=O) groups excluding carboxylic acids is 1. The van der Waals surface area contributed by atoms with Crippen LogP contribution in [-0.4, -0.2) is 31.8 Å². The molecule has 0 saturated heterocycles. The van der Waals surface area contributed by atoms with Crippen molar-refractivity contribution in [2.24, 2.45) is 18.9 Å². The van der Waals surface area contributed by atoms with Gasteiger partial charge < -0.3 is 9.47 Å². The molecular weight excluding hydrogens is 494 g/mol. The third-order valence-electron chi connectivity index (χ3n) is 9.73. The van der Waals surface area contributed by atoms with Crippen LogP contribution in [0.3, 0.4) is 0 Å². The van der Waals surface area contributed by atoms with Gasteiger partial charge in [0.1, 0.15) is 0 Å². The Hall–Kier alpha value is -3.41. The number of aromatic nitrogens is 4. The van der Waals surface area contributed by atoms with E-state index in [0.29, 0.717) is 23.8 Å². The molecule has 6 heteroatoms. The first kappa shape index (κ1) is 25.6. The summed E-state index contributed by atoms with van der Waals surface area (Å²) in [5.41, 5.74) is 5.76. The van der Waals surface area contributed by atoms with E-state index in [-0.39, 0.29) is 5.92 Å². The molecule has 3 aliphatic carbocycles. The van der Waals surface area contributed by atoms with Crippen molar-refractivity contribution in [1.29, 1.82) is 0 Å². The molecule has 3 heterocycles. The molecule has 0 radical (unpaired) electrons. The van der Waals surface area contributed by atoms with Gasteiger partial charge in [-0.15, -0.1) is 0 Å². The third-order valence-corrected chi connectivity index (χ3v) is 9.73. The second-order valence-corrected chi connectivity index (χ2v) is 12.6. The van der Waals surface area contributed by atoms with Crippen molar-refractivity contribution in [2.75, 3.05) is 11.4 Å². The molecule has 1 aromatic carbocycles. The molecule has 0 bridgehead atoms. The van der Waals surface area contributed by atoms with Crippen LogP contribution in [0.1, 0.15) is 88.3 Å². The van der Waals surface area contributed by atoms with Gasteiger partial charge in [0.15, 0.2) is 0 Å². The lowest BCUT2D eigenvalue weighted by Gasteiger charge is -2.35. The molecule has 0 unspecified atom stereocenters. The number of hydrogen-bond acceptors (Lipinski definition) is 3. The molecule has 0 aliphatic heterocycles. The molecule has 3 aromatic heterocycles. The molecule has 3 aliphatic rings. The average molecular weight is 536 g/mol. The highest BCUT2D eigenvalue weighted by Gasteiger charge is 2.31. The largest absolute Gasteiger partial charge is 0.349 e. The summed E-state index contributed by atoms with van der Waals surface area (Å²) >= 11 is 0. The van der Waals surface area contributed by atoms with E-state index in [1.807, 2.05) is 12.4 Å². The van der Waals surface area contributed by atoms with Crippen LogP contribution in [0, 0.1) is 11.8 Å². The molecule has 6 nitrogen and oxygen atoms in total. The zero-order valence-electron chi connectivity index (χ0n) is 23.7. The number of aryl methyl sites for hydroxylation is 1. The zero-order valence-corrected chi connectivity index (χ0v) is 23.7. The highest BCUT2D eigenvalue weighted by Crippen LogP contribution is 2.39. The fourth-order valence-corrected chi connectivity index (χ4v) is 7.08. The maximum Gasteiger partial charge on any atom is 0.230 e. The Morgan fingerprint density at radius 3 is 2.55 bits per heavy atom. The molecule has 7 rings (SSSR count). The molecule has 3 fully saturated rings. The lowest BCUT2D eigenvalue weighted by Crippen LogP contribution is -2.41. The number of benzene rings is 1. The van der Waals surface area contributed by atoms with Gasteiger partial charge in [-0.25, -0.2) is 0 Å². The highest BCUT2D eigenvalue weighted by molar-refractivity contribution is 5.95. The number of carbonyl (C=O) groups is 1. The van der Waals surface area contributed by atoms with Gasteiger partial charge in [0.25, 0.3) is 0 Å². The molecule has 3 saturated carbocycles. The van der Waals surface area contributed by atoms with Gasteiger partial charge in [-0.3, -0.25) is 14.5 Å². The van der Waals surface area contributed by atoms with E-state index in [9.17, 15) is 4.79 Å². The Morgan fingerprint density at radius 1 is 0.925 bits per heavy atom. The van der Waals surface area contributed by atoms with Crippen molar-refractivity contribution < 1.29 is 4.79 Å². The Balaban J connectivity index is 1.09. The van der Waals surface area contributed by atoms with E-state index in [4.69, 9.17) is 4.98 Å². The Kier molecular flexibility index (Phi) is 6.94. The van der Waals surface area contributed by atoms with Gasteiger partial charge in [0.05, 0.1) is 24.0 Å². The summed E-state index contributed by atoms with van der Waals surface area (Å²) in [7, 11) is 2.08. The second-order valence-electron chi connectivity index (χ2n) is 12.6. The Bertz CT molecular complexity index is 1480. The summed E-state index contributed by atoms with van der Waals surface area (Å²) < 4.78 is 4.24.